The number of anilines is 2. The van der Waals surface area contributed by atoms with Crippen LogP contribution < -0.4 is 16.0 Å². The Labute approximate surface area is 121 Å². The minimum Gasteiger partial charge on any atom is -0.368 e. The van der Waals surface area contributed by atoms with E-state index in [2.05, 4.69) is 20.2 Å². The van der Waals surface area contributed by atoms with Crippen molar-refractivity contribution in [1.29, 1.82) is 0 Å². The van der Waals surface area contributed by atoms with Gasteiger partial charge in [0, 0.05) is 26.1 Å². The maximum atomic E-state index is 11.1. The van der Waals surface area contributed by atoms with Crippen molar-refractivity contribution in [1.82, 2.24) is 15.3 Å². The van der Waals surface area contributed by atoms with Gasteiger partial charge in [0.1, 0.15) is 10.6 Å². The molecular weight excluding hydrogens is 274 g/mol. The topological polar surface area (TPSA) is 84.1 Å². The van der Waals surface area contributed by atoms with Gasteiger partial charge in [0.15, 0.2) is 0 Å². The Balaban J connectivity index is 1.79. The highest BCUT2D eigenvalue weighted by atomic mass is 32.1. The largest absolute Gasteiger partial charge is 0.368 e. The number of amides is 1. The van der Waals surface area contributed by atoms with Crippen LogP contribution in [0.3, 0.4) is 0 Å². The molecule has 0 aromatic carbocycles. The molecule has 0 atom stereocenters. The lowest BCUT2D eigenvalue weighted by Gasteiger charge is -2.33. The minimum absolute atomic E-state index is 0.0370. The van der Waals surface area contributed by atoms with Gasteiger partial charge in [0.05, 0.1) is 5.39 Å². The Morgan fingerprint density at radius 2 is 2.20 bits per heavy atom. The molecule has 2 aromatic heterocycles. The number of nitrogens with two attached hydrogens (primary N) is 1. The molecule has 1 amide bonds. The summed E-state index contributed by atoms with van der Waals surface area (Å²) >= 11 is 1.57. The van der Waals surface area contributed by atoms with Crippen molar-refractivity contribution in [3.05, 3.63) is 11.4 Å². The Kier molecular flexibility index (Phi) is 3.43. The minimum atomic E-state index is 0.0370. The third kappa shape index (κ3) is 2.53. The zero-order valence-electron chi connectivity index (χ0n) is 11.3. The monoisotopic (exact) mass is 291 g/mol. The summed E-state index contributed by atoms with van der Waals surface area (Å²) in [6, 6.07) is 2.30. The van der Waals surface area contributed by atoms with Gasteiger partial charge >= 0.3 is 0 Å². The molecule has 1 fully saturated rings. The first-order valence-electron chi connectivity index (χ1n) is 6.66. The molecule has 20 heavy (non-hydrogen) atoms. The van der Waals surface area contributed by atoms with Crippen LogP contribution in [0.1, 0.15) is 19.8 Å². The molecule has 0 unspecified atom stereocenters. The van der Waals surface area contributed by atoms with E-state index in [4.69, 9.17) is 5.73 Å². The van der Waals surface area contributed by atoms with Crippen LogP contribution in [-0.4, -0.2) is 35.0 Å². The first kappa shape index (κ1) is 13.1. The molecule has 0 radical (unpaired) electrons. The summed E-state index contributed by atoms with van der Waals surface area (Å²) in [5.41, 5.74) is 5.78. The van der Waals surface area contributed by atoms with Gasteiger partial charge < -0.3 is 16.0 Å². The average molecular weight is 291 g/mol. The summed E-state index contributed by atoms with van der Waals surface area (Å²) in [7, 11) is 0. The van der Waals surface area contributed by atoms with Gasteiger partial charge in [-0.3, -0.25) is 4.79 Å². The lowest BCUT2D eigenvalue weighted by Crippen LogP contribution is -2.44. The molecule has 3 rings (SSSR count). The SMILES string of the molecule is CC(=O)NC1CCN(c2nc(N)nc3sccc23)CC1. The molecule has 3 heterocycles. The Bertz CT molecular complexity index is 633. The molecule has 6 nitrogen and oxygen atoms in total. The molecule has 0 spiro atoms. The second-order valence-corrected chi connectivity index (χ2v) is 5.90. The molecule has 0 bridgehead atoms. The number of piperidine rings is 1. The van der Waals surface area contributed by atoms with Crippen molar-refractivity contribution in [2.24, 2.45) is 0 Å². The summed E-state index contributed by atoms with van der Waals surface area (Å²) in [4.78, 5) is 22.9. The Morgan fingerprint density at radius 3 is 2.90 bits per heavy atom. The number of carbonyl (C=O) groups is 1. The molecule has 1 aliphatic rings. The van der Waals surface area contributed by atoms with E-state index in [0.29, 0.717) is 5.95 Å². The fraction of sp³-hybridized carbons (Fsp3) is 0.462. The van der Waals surface area contributed by atoms with E-state index in [1.54, 1.807) is 18.3 Å². The van der Waals surface area contributed by atoms with Gasteiger partial charge in [-0.15, -0.1) is 11.3 Å². The first-order chi connectivity index (χ1) is 9.63. The van der Waals surface area contributed by atoms with Crippen LogP contribution in [0.25, 0.3) is 10.2 Å². The summed E-state index contributed by atoms with van der Waals surface area (Å²) in [5.74, 6) is 1.27. The van der Waals surface area contributed by atoms with E-state index in [1.807, 2.05) is 11.4 Å². The maximum Gasteiger partial charge on any atom is 0.223 e. The number of aromatic nitrogens is 2. The van der Waals surface area contributed by atoms with Crippen molar-refractivity contribution in [2.75, 3.05) is 23.7 Å². The van der Waals surface area contributed by atoms with Gasteiger partial charge in [-0.05, 0) is 24.3 Å². The molecule has 1 aliphatic heterocycles. The van der Waals surface area contributed by atoms with Gasteiger partial charge in [-0.1, -0.05) is 0 Å². The third-order valence-electron chi connectivity index (χ3n) is 3.52. The second-order valence-electron chi connectivity index (χ2n) is 5.01. The molecule has 1 saturated heterocycles. The maximum absolute atomic E-state index is 11.1. The lowest BCUT2D eigenvalue weighted by molar-refractivity contribution is -0.119. The lowest BCUT2D eigenvalue weighted by atomic mass is 10.0. The van der Waals surface area contributed by atoms with Crippen molar-refractivity contribution in [3.63, 3.8) is 0 Å². The van der Waals surface area contributed by atoms with Crippen LogP contribution in [0.2, 0.25) is 0 Å². The number of nitrogens with one attached hydrogen (secondary N) is 1. The molecule has 2 aromatic rings. The zero-order chi connectivity index (χ0) is 14.1. The summed E-state index contributed by atoms with van der Waals surface area (Å²) < 4.78 is 0. The van der Waals surface area contributed by atoms with Crippen LogP contribution in [0, 0.1) is 0 Å². The first-order valence-corrected chi connectivity index (χ1v) is 7.54. The number of thiophene rings is 1. The standard InChI is InChI=1S/C13H17N5OS/c1-8(19)15-9-2-5-18(6-3-9)11-10-4-7-20-12(10)17-13(14)16-11/h4,7,9H,2-3,5-6H2,1H3,(H,15,19)(H2,14,16,17). The highest BCUT2D eigenvalue weighted by Gasteiger charge is 2.22. The van der Waals surface area contributed by atoms with E-state index in [-0.39, 0.29) is 11.9 Å². The number of fused-ring (bicyclic) bond motifs is 1. The number of nitrogens with zero attached hydrogens (tertiary/aromatic N) is 3. The number of hydrogen-bond donors (Lipinski definition) is 2. The van der Waals surface area contributed by atoms with Gasteiger partial charge in [-0.25, -0.2) is 4.98 Å². The van der Waals surface area contributed by atoms with E-state index < -0.39 is 0 Å². The number of hydrogen-bond acceptors (Lipinski definition) is 6. The smallest absolute Gasteiger partial charge is 0.223 e. The second kappa shape index (κ2) is 5.24. The Morgan fingerprint density at radius 1 is 1.45 bits per heavy atom. The van der Waals surface area contributed by atoms with Crippen molar-refractivity contribution in [3.8, 4) is 0 Å². The van der Waals surface area contributed by atoms with E-state index in [0.717, 1.165) is 42.0 Å². The van der Waals surface area contributed by atoms with Crippen molar-refractivity contribution < 1.29 is 4.79 Å². The quantitative estimate of drug-likeness (QED) is 0.873. The fourth-order valence-electron chi connectivity index (χ4n) is 2.62. The molecule has 7 heteroatoms. The number of rotatable bonds is 2. The molecule has 3 N–H and O–H groups in total. The van der Waals surface area contributed by atoms with E-state index in [1.165, 1.54) is 0 Å². The van der Waals surface area contributed by atoms with Crippen LogP contribution in [0.4, 0.5) is 11.8 Å². The molecular formula is C13H17N5OS. The van der Waals surface area contributed by atoms with E-state index >= 15 is 0 Å². The summed E-state index contributed by atoms with van der Waals surface area (Å²) in [6.45, 7) is 3.30. The summed E-state index contributed by atoms with van der Waals surface area (Å²) in [5, 5.41) is 6.04. The van der Waals surface area contributed by atoms with Crippen LogP contribution >= 0.6 is 11.3 Å². The van der Waals surface area contributed by atoms with Crippen molar-refractivity contribution >= 4 is 39.2 Å². The van der Waals surface area contributed by atoms with Crippen LogP contribution in [0.5, 0.6) is 0 Å². The van der Waals surface area contributed by atoms with Gasteiger partial charge in [0.2, 0.25) is 11.9 Å². The highest BCUT2D eigenvalue weighted by Crippen LogP contribution is 2.30. The third-order valence-corrected chi connectivity index (χ3v) is 4.33. The fourth-order valence-corrected chi connectivity index (χ4v) is 3.39. The summed E-state index contributed by atoms with van der Waals surface area (Å²) in [6.07, 6.45) is 1.85. The predicted molar refractivity (Wildman–Crippen MR) is 80.9 cm³/mol. The number of carbonyl (C=O) groups excluding carboxylic acids is 1. The van der Waals surface area contributed by atoms with Crippen LogP contribution in [0.15, 0.2) is 11.4 Å². The predicted octanol–water partition coefficient (Wildman–Crippen LogP) is 1.38. The molecule has 0 saturated carbocycles. The molecule has 106 valence electrons. The molecule has 0 aliphatic carbocycles. The normalized spacial score (nSPS) is 16.6. The average Bonchev–Trinajstić information content (AvgIpc) is 2.86. The van der Waals surface area contributed by atoms with E-state index in [9.17, 15) is 4.79 Å². The Hall–Kier alpha value is -1.89. The highest BCUT2D eigenvalue weighted by molar-refractivity contribution is 7.16. The number of nitrogen functional groups attached to an aromatic ring is 1. The van der Waals surface area contributed by atoms with Gasteiger partial charge in [0.25, 0.3) is 0 Å². The van der Waals surface area contributed by atoms with Crippen molar-refractivity contribution in [2.45, 2.75) is 25.8 Å². The zero-order valence-corrected chi connectivity index (χ0v) is 12.1. The van der Waals surface area contributed by atoms with Gasteiger partial charge in [-0.2, -0.15) is 4.98 Å². The van der Waals surface area contributed by atoms with Crippen LogP contribution in [-0.2, 0) is 4.79 Å².